The maximum Gasteiger partial charge on any atom is 0.336 e. The van der Waals surface area contributed by atoms with Crippen molar-refractivity contribution in [3.05, 3.63) is 180 Å². The molecule has 1 aliphatic carbocycles. The zero-order valence-electron chi connectivity index (χ0n) is 39.6. The molecule has 0 fully saturated rings. The number of carbonyl (C=O) groups is 2. The molecule has 7 aromatic carbocycles. The van der Waals surface area contributed by atoms with Crippen molar-refractivity contribution in [2.24, 2.45) is 0 Å². The lowest BCUT2D eigenvalue weighted by molar-refractivity contribution is 0.0697. The summed E-state index contributed by atoms with van der Waals surface area (Å²) in [4.78, 5) is 37.1. The van der Waals surface area contributed by atoms with E-state index < -0.39 is 5.97 Å². The summed E-state index contributed by atoms with van der Waals surface area (Å²) in [5.74, 6) is -0.657. The third-order valence-corrected chi connectivity index (χ3v) is 13.5. The van der Waals surface area contributed by atoms with Crippen LogP contribution in [0.25, 0.3) is 76.8 Å². The van der Waals surface area contributed by atoms with Gasteiger partial charge in [0.05, 0.1) is 28.4 Å². The van der Waals surface area contributed by atoms with Gasteiger partial charge >= 0.3 is 5.97 Å². The van der Waals surface area contributed by atoms with Crippen LogP contribution >= 0.6 is 0 Å². The summed E-state index contributed by atoms with van der Waals surface area (Å²) in [5, 5.41) is 23.6. The van der Waals surface area contributed by atoms with Crippen LogP contribution < -0.4 is 20.1 Å². The van der Waals surface area contributed by atoms with Crippen LogP contribution in [-0.4, -0.2) is 74.7 Å². The van der Waals surface area contributed by atoms with Gasteiger partial charge < -0.3 is 24.6 Å². The van der Waals surface area contributed by atoms with Crippen LogP contribution in [0.1, 0.15) is 52.0 Å². The zero-order chi connectivity index (χ0) is 47.6. The molecule has 0 spiro atoms. The molecule has 344 valence electrons. The molecule has 1 aliphatic heterocycles. The molecule has 0 saturated heterocycles. The van der Waals surface area contributed by atoms with Crippen LogP contribution in [0.2, 0.25) is 0 Å². The highest BCUT2D eigenvalue weighted by Crippen LogP contribution is 2.42. The predicted molar refractivity (Wildman–Crippen MR) is 284 cm³/mol. The van der Waals surface area contributed by atoms with E-state index >= 15 is 0 Å². The lowest BCUT2D eigenvalue weighted by Gasteiger charge is -2.24. The van der Waals surface area contributed by atoms with Crippen molar-refractivity contribution in [3.63, 3.8) is 0 Å². The van der Waals surface area contributed by atoms with E-state index in [4.69, 9.17) is 9.40 Å². The second-order valence-electron chi connectivity index (χ2n) is 18.4. The van der Waals surface area contributed by atoms with Crippen LogP contribution in [0.15, 0.2) is 162 Å². The summed E-state index contributed by atoms with van der Waals surface area (Å²) in [6.07, 6.45) is 4.32. The number of aryl methyl sites for hydroxylation is 1. The SMILES string of the molecule is CN(C)c1ccc2c(-c3ccc(C(=O)N(CCCCCc4c5ccccc5cc5ccccc45)CCCNc4c5ccccc5nc5ccccc45)cc3C(=O)O)c3ccc(=[N+](C)C)cc-3oc2c1. The Morgan fingerprint density at radius 1 is 0.638 bits per heavy atom. The smallest absolute Gasteiger partial charge is 0.336 e. The Morgan fingerprint density at radius 3 is 1.94 bits per heavy atom. The lowest BCUT2D eigenvalue weighted by atomic mass is 9.89. The Hall–Kier alpha value is -8.04. The molecular weight excluding hydrogens is 855 g/mol. The van der Waals surface area contributed by atoms with E-state index in [1.165, 1.54) is 27.1 Å². The van der Waals surface area contributed by atoms with Gasteiger partial charge in [0.1, 0.15) is 25.4 Å². The van der Waals surface area contributed by atoms with Crippen molar-refractivity contribution in [1.29, 1.82) is 0 Å². The number of fused-ring (bicyclic) bond motifs is 6. The van der Waals surface area contributed by atoms with Crippen molar-refractivity contribution in [1.82, 2.24) is 14.5 Å². The highest BCUT2D eigenvalue weighted by Gasteiger charge is 2.25. The number of carboxylic acid groups (broad SMARTS) is 1. The second-order valence-corrected chi connectivity index (χ2v) is 18.4. The van der Waals surface area contributed by atoms with E-state index in [0.717, 1.165) is 80.7 Å². The minimum Gasteiger partial charge on any atom is -0.478 e. The minimum absolute atomic E-state index is 0.0587. The predicted octanol–water partition coefficient (Wildman–Crippen LogP) is 12.4. The number of carbonyl (C=O) groups excluding carboxylic acids is 1. The molecule has 2 heterocycles. The number of amides is 1. The Bertz CT molecular complexity index is 3520. The first-order chi connectivity index (χ1) is 33.6. The number of aromatic nitrogens is 1. The highest BCUT2D eigenvalue weighted by molar-refractivity contribution is 6.10. The summed E-state index contributed by atoms with van der Waals surface area (Å²) in [6.45, 7) is 1.65. The summed E-state index contributed by atoms with van der Waals surface area (Å²) in [7, 11) is 7.90. The van der Waals surface area contributed by atoms with Crippen LogP contribution in [-0.2, 0) is 6.42 Å². The Labute approximate surface area is 401 Å². The van der Waals surface area contributed by atoms with Crippen molar-refractivity contribution < 1.29 is 19.1 Å². The molecule has 8 aromatic rings. The Morgan fingerprint density at radius 2 is 1.28 bits per heavy atom. The topological polar surface area (TPSA) is 102 Å². The molecule has 1 aromatic heterocycles. The molecule has 2 N–H and O–H groups in total. The van der Waals surface area contributed by atoms with E-state index in [2.05, 4.69) is 72.0 Å². The average Bonchev–Trinajstić information content (AvgIpc) is 3.37. The van der Waals surface area contributed by atoms with Gasteiger partial charge in [-0.2, -0.15) is 0 Å². The van der Waals surface area contributed by atoms with Gasteiger partial charge in [-0.25, -0.2) is 14.4 Å². The van der Waals surface area contributed by atoms with E-state index in [1.807, 2.05) is 115 Å². The normalized spacial score (nSPS) is 11.5. The molecule has 0 saturated carbocycles. The number of pyridine rings is 1. The van der Waals surface area contributed by atoms with Crippen molar-refractivity contribution in [2.45, 2.75) is 32.1 Å². The molecule has 9 nitrogen and oxygen atoms in total. The molecule has 9 heteroatoms. The molecular formula is C60H56N5O4+. The number of para-hydroxylation sites is 2. The van der Waals surface area contributed by atoms with Gasteiger partial charge in [0, 0.05) is 84.4 Å². The van der Waals surface area contributed by atoms with Gasteiger partial charge in [-0.3, -0.25) is 4.79 Å². The number of unbranched alkanes of at least 4 members (excludes halogenated alkanes) is 2. The first-order valence-corrected chi connectivity index (χ1v) is 23.9. The fraction of sp³-hybridized carbons (Fsp3) is 0.200. The third-order valence-electron chi connectivity index (χ3n) is 13.5. The summed E-state index contributed by atoms with van der Waals surface area (Å²) >= 11 is 0. The van der Waals surface area contributed by atoms with Gasteiger partial charge in [-0.15, -0.1) is 0 Å². The average molecular weight is 911 g/mol. The maximum atomic E-state index is 14.9. The van der Waals surface area contributed by atoms with Crippen LogP contribution in [0.4, 0.5) is 11.4 Å². The van der Waals surface area contributed by atoms with Gasteiger partial charge in [0.25, 0.3) is 5.91 Å². The lowest BCUT2D eigenvalue weighted by Crippen LogP contribution is -2.34. The standard InChI is InChI=1S/C60H55N5O4/c1-63(2)42-27-30-50-55(37-42)69-56-38-43(64(3)4)28-31-51(56)57(50)47-29-26-41(36-52(47)60(67)68)59(66)65(34-16-32-61-58-48-22-11-13-24-53(48)62-54-25-14-12-23-49(54)58)33-15-5-6-21-46-44-19-9-7-17-39(44)35-40-18-8-10-20-45(40)46/h7-14,17-20,22-31,35-38H,5-6,15-16,21,32-34H2,1-4H3,(H-,61,62,67,68)/p+1. The van der Waals surface area contributed by atoms with Crippen molar-refractivity contribution in [3.8, 4) is 22.5 Å². The first kappa shape index (κ1) is 44.8. The molecule has 1 amide bonds. The number of aromatic carboxylic acids is 1. The first-order valence-electron chi connectivity index (χ1n) is 23.9. The van der Waals surface area contributed by atoms with Crippen LogP contribution in [0.5, 0.6) is 0 Å². The largest absolute Gasteiger partial charge is 0.478 e. The molecule has 0 atom stereocenters. The third kappa shape index (κ3) is 8.96. The summed E-state index contributed by atoms with van der Waals surface area (Å²) in [6, 6.07) is 53.0. The number of benzene rings is 8. The van der Waals surface area contributed by atoms with Gasteiger partial charge in [0.2, 0.25) is 5.36 Å². The quantitative estimate of drug-likeness (QED) is 0.0600. The van der Waals surface area contributed by atoms with Crippen molar-refractivity contribution >= 4 is 77.6 Å². The number of nitrogens with zero attached hydrogens (tertiary/aromatic N) is 4. The molecule has 0 bridgehead atoms. The molecule has 69 heavy (non-hydrogen) atoms. The van der Waals surface area contributed by atoms with Crippen LogP contribution in [0, 0.1) is 0 Å². The number of carboxylic acids is 1. The number of nitrogens with one attached hydrogen (secondary N) is 1. The Kier molecular flexibility index (Phi) is 12.5. The highest BCUT2D eigenvalue weighted by atomic mass is 16.4. The molecule has 0 unspecified atom stereocenters. The van der Waals surface area contributed by atoms with Crippen molar-refractivity contribution in [2.75, 3.05) is 58.0 Å². The second kappa shape index (κ2) is 19.3. The Balaban J connectivity index is 0.953. The van der Waals surface area contributed by atoms with Gasteiger partial charge in [-0.1, -0.05) is 97.4 Å². The number of rotatable bonds is 15. The number of hydrogen-bond donors (Lipinski definition) is 2. The van der Waals surface area contributed by atoms with E-state index in [9.17, 15) is 14.7 Å². The maximum absolute atomic E-state index is 14.9. The van der Waals surface area contributed by atoms with E-state index in [1.54, 1.807) is 18.2 Å². The number of hydrogen-bond acceptors (Lipinski definition) is 6. The van der Waals surface area contributed by atoms with Gasteiger partial charge in [0.15, 0.2) is 0 Å². The molecule has 0 radical (unpaired) electrons. The number of anilines is 2. The van der Waals surface area contributed by atoms with E-state index in [0.29, 0.717) is 48.5 Å². The minimum atomic E-state index is -1.11. The molecule has 2 aliphatic rings. The van der Waals surface area contributed by atoms with Crippen LogP contribution in [0.3, 0.4) is 0 Å². The summed E-state index contributed by atoms with van der Waals surface area (Å²) < 4.78 is 8.56. The zero-order valence-corrected chi connectivity index (χ0v) is 39.6. The van der Waals surface area contributed by atoms with Gasteiger partial charge in [-0.05, 0) is 107 Å². The fourth-order valence-electron chi connectivity index (χ4n) is 9.96. The monoisotopic (exact) mass is 910 g/mol. The summed E-state index contributed by atoms with van der Waals surface area (Å²) in [5.41, 5.74) is 8.29. The van der Waals surface area contributed by atoms with E-state index in [-0.39, 0.29) is 11.5 Å². The fourth-order valence-corrected chi connectivity index (χ4v) is 9.96. The molecule has 10 rings (SSSR count).